The summed E-state index contributed by atoms with van der Waals surface area (Å²) in [7, 11) is 0. The molecule has 1 aliphatic rings. The van der Waals surface area contributed by atoms with E-state index in [4.69, 9.17) is 16.7 Å². The molecule has 0 atom stereocenters. The van der Waals surface area contributed by atoms with Crippen LogP contribution in [0.4, 0.5) is 0 Å². The molecule has 1 aliphatic carbocycles. The molecule has 1 aromatic carbocycles. The van der Waals surface area contributed by atoms with Crippen LogP contribution >= 0.6 is 11.6 Å². The Hall–Kier alpha value is -1.50. The molecule has 0 aliphatic heterocycles. The van der Waals surface area contributed by atoms with Crippen LogP contribution in [0.1, 0.15) is 42.1 Å². The Labute approximate surface area is 124 Å². The first-order valence-electron chi connectivity index (χ1n) is 6.87. The van der Waals surface area contributed by atoms with Crippen molar-refractivity contribution in [1.29, 1.82) is 0 Å². The van der Waals surface area contributed by atoms with Gasteiger partial charge in [-0.3, -0.25) is 4.79 Å². The van der Waals surface area contributed by atoms with Crippen LogP contribution in [-0.2, 0) is 0 Å². The molecule has 0 heterocycles. The maximum atomic E-state index is 12.5. The zero-order chi connectivity index (χ0) is 14.5. The fourth-order valence-electron chi connectivity index (χ4n) is 2.13. The van der Waals surface area contributed by atoms with Crippen LogP contribution in [0, 0.1) is 11.8 Å². The molecule has 4 heteroatoms. The number of aliphatic hydroxyl groups excluding tert-OH is 1. The maximum absolute atomic E-state index is 12.5. The molecule has 3 nitrogen and oxygen atoms in total. The van der Waals surface area contributed by atoms with E-state index in [0.717, 1.165) is 25.8 Å². The minimum Gasteiger partial charge on any atom is -0.384 e. The Kier molecular flexibility index (Phi) is 5.05. The third kappa shape index (κ3) is 3.53. The van der Waals surface area contributed by atoms with Crippen LogP contribution in [0.5, 0.6) is 0 Å². The number of hydrogen-bond donors (Lipinski definition) is 1. The van der Waals surface area contributed by atoms with Gasteiger partial charge in [0.25, 0.3) is 5.91 Å². The Morgan fingerprint density at radius 2 is 2.25 bits per heavy atom. The second-order valence-electron chi connectivity index (χ2n) is 4.88. The number of carbonyl (C=O) groups is 1. The largest absolute Gasteiger partial charge is 0.384 e. The van der Waals surface area contributed by atoms with E-state index in [1.807, 2.05) is 4.90 Å². The average molecular weight is 292 g/mol. The fraction of sp³-hybridized carbons (Fsp3) is 0.438. The second kappa shape index (κ2) is 6.78. The minimum absolute atomic E-state index is 0.0397. The van der Waals surface area contributed by atoms with E-state index in [0.29, 0.717) is 22.2 Å². The lowest BCUT2D eigenvalue weighted by atomic mass is 10.1. The highest BCUT2D eigenvalue weighted by molar-refractivity contribution is 6.32. The smallest absolute Gasteiger partial charge is 0.254 e. The van der Waals surface area contributed by atoms with E-state index in [2.05, 4.69) is 18.8 Å². The second-order valence-corrected chi connectivity index (χ2v) is 5.29. The molecule has 106 valence electrons. The van der Waals surface area contributed by atoms with Crippen molar-refractivity contribution in [3.63, 3.8) is 0 Å². The molecule has 2 rings (SSSR count). The van der Waals surface area contributed by atoms with Crippen LogP contribution in [0.15, 0.2) is 18.2 Å². The quantitative estimate of drug-likeness (QED) is 0.867. The van der Waals surface area contributed by atoms with Crippen molar-refractivity contribution in [2.75, 3.05) is 13.2 Å². The normalized spacial score (nSPS) is 13.6. The van der Waals surface area contributed by atoms with E-state index >= 15 is 0 Å². The van der Waals surface area contributed by atoms with Gasteiger partial charge in [-0.1, -0.05) is 30.4 Å². The molecule has 0 aromatic heterocycles. The Morgan fingerprint density at radius 3 is 2.80 bits per heavy atom. The molecule has 0 unspecified atom stereocenters. The molecule has 1 fully saturated rings. The summed E-state index contributed by atoms with van der Waals surface area (Å²) in [6.07, 6.45) is 3.15. The summed E-state index contributed by atoms with van der Waals surface area (Å²) in [5.41, 5.74) is 1.23. The monoisotopic (exact) mass is 291 g/mol. The van der Waals surface area contributed by atoms with E-state index < -0.39 is 0 Å². The van der Waals surface area contributed by atoms with Gasteiger partial charge in [-0.15, -0.1) is 0 Å². The summed E-state index contributed by atoms with van der Waals surface area (Å²) in [6.45, 7) is 2.65. The molecule has 0 spiro atoms. The molecular formula is C16H18ClNO2. The van der Waals surface area contributed by atoms with Crippen molar-refractivity contribution >= 4 is 17.5 Å². The first kappa shape index (κ1) is 14.9. The topological polar surface area (TPSA) is 40.5 Å². The standard InChI is InChI=1S/C16H18ClNO2/c1-2-9-18(14-7-8-14)16(20)13-6-5-12(4-3-10-19)15(17)11-13/h5-6,11,14,19H,2,7-10H2,1H3. The zero-order valence-corrected chi connectivity index (χ0v) is 12.3. The highest BCUT2D eigenvalue weighted by atomic mass is 35.5. The van der Waals surface area contributed by atoms with Crippen molar-refractivity contribution in [2.24, 2.45) is 0 Å². The van der Waals surface area contributed by atoms with E-state index in [1.165, 1.54) is 0 Å². The fourth-order valence-corrected chi connectivity index (χ4v) is 2.35. The molecule has 1 N–H and O–H groups in total. The number of hydrogen-bond acceptors (Lipinski definition) is 2. The van der Waals surface area contributed by atoms with Crippen LogP contribution in [0.3, 0.4) is 0 Å². The lowest BCUT2D eigenvalue weighted by Gasteiger charge is -2.22. The van der Waals surface area contributed by atoms with E-state index in [-0.39, 0.29) is 12.5 Å². The number of nitrogens with zero attached hydrogens (tertiary/aromatic N) is 1. The van der Waals surface area contributed by atoms with Gasteiger partial charge in [0.1, 0.15) is 6.61 Å². The van der Waals surface area contributed by atoms with Gasteiger partial charge in [-0.25, -0.2) is 0 Å². The molecule has 0 saturated heterocycles. The van der Waals surface area contributed by atoms with Gasteiger partial charge < -0.3 is 10.0 Å². The molecule has 1 aromatic rings. The van der Waals surface area contributed by atoms with E-state index in [1.54, 1.807) is 18.2 Å². The number of halogens is 1. The SMILES string of the molecule is CCCN(C(=O)c1ccc(C#CCO)c(Cl)c1)C1CC1. The third-order valence-electron chi connectivity index (χ3n) is 3.23. The summed E-state index contributed by atoms with van der Waals surface area (Å²) >= 11 is 6.13. The number of rotatable bonds is 4. The first-order valence-corrected chi connectivity index (χ1v) is 7.25. The lowest BCUT2D eigenvalue weighted by Crippen LogP contribution is -2.33. The summed E-state index contributed by atoms with van der Waals surface area (Å²) in [5, 5.41) is 9.13. The predicted octanol–water partition coefficient (Wildman–Crippen LogP) is 2.70. The first-order chi connectivity index (χ1) is 9.67. The number of carbonyl (C=O) groups excluding carboxylic acids is 1. The van der Waals surface area contributed by atoms with Crippen LogP contribution in [0.2, 0.25) is 5.02 Å². The highest BCUT2D eigenvalue weighted by Crippen LogP contribution is 2.29. The summed E-state index contributed by atoms with van der Waals surface area (Å²) in [6, 6.07) is 5.54. The van der Waals surface area contributed by atoms with Crippen molar-refractivity contribution in [1.82, 2.24) is 4.90 Å². The van der Waals surface area contributed by atoms with Gasteiger partial charge in [0.05, 0.1) is 5.02 Å². The van der Waals surface area contributed by atoms with E-state index in [9.17, 15) is 4.79 Å². The number of amides is 1. The van der Waals surface area contributed by atoms with Crippen molar-refractivity contribution in [2.45, 2.75) is 32.2 Å². The van der Waals surface area contributed by atoms with Gasteiger partial charge in [-0.05, 0) is 37.5 Å². The molecule has 20 heavy (non-hydrogen) atoms. The number of aliphatic hydroxyl groups is 1. The Balaban J connectivity index is 2.19. The summed E-state index contributed by atoms with van der Waals surface area (Å²) < 4.78 is 0. The molecule has 0 radical (unpaired) electrons. The van der Waals surface area contributed by atoms with Gasteiger partial charge in [-0.2, -0.15) is 0 Å². The predicted molar refractivity (Wildman–Crippen MR) is 79.8 cm³/mol. The lowest BCUT2D eigenvalue weighted by molar-refractivity contribution is 0.0743. The minimum atomic E-state index is -0.205. The summed E-state index contributed by atoms with van der Waals surface area (Å²) in [4.78, 5) is 14.4. The van der Waals surface area contributed by atoms with Crippen LogP contribution in [0.25, 0.3) is 0 Å². The average Bonchev–Trinajstić information content (AvgIpc) is 3.27. The van der Waals surface area contributed by atoms with Crippen LogP contribution in [-0.4, -0.2) is 35.1 Å². The zero-order valence-electron chi connectivity index (χ0n) is 11.5. The third-order valence-corrected chi connectivity index (χ3v) is 3.54. The molecule has 0 bridgehead atoms. The maximum Gasteiger partial charge on any atom is 0.254 e. The Bertz CT molecular complexity index is 555. The van der Waals surface area contributed by atoms with Gasteiger partial charge in [0, 0.05) is 23.7 Å². The Morgan fingerprint density at radius 1 is 1.50 bits per heavy atom. The molecule has 1 amide bonds. The molecular weight excluding hydrogens is 274 g/mol. The van der Waals surface area contributed by atoms with Gasteiger partial charge >= 0.3 is 0 Å². The van der Waals surface area contributed by atoms with Crippen molar-refractivity contribution in [3.05, 3.63) is 34.3 Å². The highest BCUT2D eigenvalue weighted by Gasteiger charge is 2.32. The number of benzene rings is 1. The van der Waals surface area contributed by atoms with Crippen molar-refractivity contribution in [3.8, 4) is 11.8 Å². The van der Waals surface area contributed by atoms with Crippen LogP contribution < -0.4 is 0 Å². The molecule has 1 saturated carbocycles. The van der Waals surface area contributed by atoms with Gasteiger partial charge in [0.2, 0.25) is 0 Å². The summed E-state index contributed by atoms with van der Waals surface area (Å²) in [5.74, 6) is 5.35. The van der Waals surface area contributed by atoms with Crippen molar-refractivity contribution < 1.29 is 9.90 Å². The van der Waals surface area contributed by atoms with Gasteiger partial charge in [0.15, 0.2) is 0 Å².